The van der Waals surface area contributed by atoms with Gasteiger partial charge in [-0.25, -0.2) is 0 Å². The first-order chi connectivity index (χ1) is 8.71. The van der Waals surface area contributed by atoms with Crippen LogP contribution in [-0.4, -0.2) is 39.4 Å². The Kier molecular flexibility index (Phi) is 6.00. The first-order valence-electron chi connectivity index (χ1n) is 5.82. The van der Waals surface area contributed by atoms with Gasteiger partial charge in [0.1, 0.15) is 24.1 Å². The van der Waals surface area contributed by atoms with Crippen LogP contribution in [0.5, 0.6) is 11.5 Å². The molecule has 0 aliphatic carbocycles. The largest absolute Gasteiger partial charge is 0.494 e. The second kappa shape index (κ2) is 7.55. The lowest BCUT2D eigenvalue weighted by Gasteiger charge is -2.14. The molecule has 1 aromatic carbocycles. The molecule has 1 rings (SSSR count). The van der Waals surface area contributed by atoms with Crippen LogP contribution in [0.1, 0.15) is 6.92 Å². The molecule has 1 unspecified atom stereocenters. The highest BCUT2D eigenvalue weighted by Gasteiger charge is 2.17. The molecule has 0 radical (unpaired) electrons. The first kappa shape index (κ1) is 14.3. The summed E-state index contributed by atoms with van der Waals surface area (Å²) < 4.78 is 15.5. The minimum absolute atomic E-state index is 0.219. The molecule has 1 N–H and O–H groups in total. The van der Waals surface area contributed by atoms with E-state index >= 15 is 0 Å². The number of hydrogen-bond donors (Lipinski definition) is 1. The zero-order valence-electron chi connectivity index (χ0n) is 10.9. The van der Waals surface area contributed by atoms with Crippen molar-refractivity contribution >= 4 is 5.97 Å². The second-order valence-electron chi connectivity index (χ2n) is 3.58. The molecule has 100 valence electrons. The molecule has 0 fully saturated rings. The van der Waals surface area contributed by atoms with Crippen LogP contribution in [0.3, 0.4) is 0 Å². The number of likely N-dealkylation sites (N-methyl/N-ethyl adjacent to an activating group) is 1. The average molecular weight is 253 g/mol. The third-order valence-corrected chi connectivity index (χ3v) is 2.39. The van der Waals surface area contributed by atoms with Crippen molar-refractivity contribution in [1.82, 2.24) is 5.32 Å². The predicted octanol–water partition coefficient (Wildman–Crippen LogP) is 1.23. The van der Waals surface area contributed by atoms with Crippen LogP contribution < -0.4 is 14.8 Å². The van der Waals surface area contributed by atoms with Gasteiger partial charge in [-0.05, 0) is 38.2 Å². The Balaban J connectivity index is 2.49. The maximum Gasteiger partial charge on any atom is 0.326 e. The molecule has 18 heavy (non-hydrogen) atoms. The van der Waals surface area contributed by atoms with E-state index in [9.17, 15) is 4.79 Å². The smallest absolute Gasteiger partial charge is 0.326 e. The predicted molar refractivity (Wildman–Crippen MR) is 68.0 cm³/mol. The molecule has 0 heterocycles. The summed E-state index contributed by atoms with van der Waals surface area (Å²) in [5, 5.41) is 2.83. The van der Waals surface area contributed by atoms with E-state index in [0.29, 0.717) is 12.4 Å². The van der Waals surface area contributed by atoms with Gasteiger partial charge in [0, 0.05) is 0 Å². The molecule has 0 spiro atoms. The number of methoxy groups -OCH3 is 1. The van der Waals surface area contributed by atoms with Gasteiger partial charge in [0.25, 0.3) is 0 Å². The van der Waals surface area contributed by atoms with Crippen molar-refractivity contribution in [2.45, 2.75) is 13.0 Å². The fourth-order valence-electron chi connectivity index (χ4n) is 1.39. The number of nitrogens with one attached hydrogen (secondary N) is 1. The minimum Gasteiger partial charge on any atom is -0.494 e. The summed E-state index contributed by atoms with van der Waals surface area (Å²) in [5.41, 5.74) is 0. The first-order valence-corrected chi connectivity index (χ1v) is 5.82. The number of hydrogen-bond acceptors (Lipinski definition) is 5. The van der Waals surface area contributed by atoms with E-state index in [1.807, 2.05) is 19.1 Å². The summed E-state index contributed by atoms with van der Waals surface area (Å²) in [6.45, 7) is 2.78. The topological polar surface area (TPSA) is 56.8 Å². The second-order valence-corrected chi connectivity index (χ2v) is 3.58. The van der Waals surface area contributed by atoms with Crippen molar-refractivity contribution in [1.29, 1.82) is 0 Å². The number of ether oxygens (including phenoxy) is 3. The maximum absolute atomic E-state index is 11.3. The fourth-order valence-corrected chi connectivity index (χ4v) is 1.39. The van der Waals surface area contributed by atoms with Crippen molar-refractivity contribution < 1.29 is 19.0 Å². The summed E-state index contributed by atoms with van der Waals surface area (Å²) in [7, 11) is 3.03. The number of benzene rings is 1. The van der Waals surface area contributed by atoms with Gasteiger partial charge in [-0.15, -0.1) is 0 Å². The number of rotatable bonds is 7. The molecule has 0 amide bonds. The molecule has 0 aliphatic rings. The minimum atomic E-state index is -0.471. The fraction of sp³-hybridized carbons (Fsp3) is 0.462. The van der Waals surface area contributed by atoms with E-state index in [0.717, 1.165) is 5.75 Å². The Morgan fingerprint density at radius 1 is 1.22 bits per heavy atom. The molecule has 0 bridgehead atoms. The normalized spacial score (nSPS) is 11.7. The van der Waals surface area contributed by atoms with Crippen molar-refractivity contribution in [3.8, 4) is 11.5 Å². The Bertz CT molecular complexity index is 364. The van der Waals surface area contributed by atoms with Crippen molar-refractivity contribution in [2.24, 2.45) is 0 Å². The molecule has 0 saturated heterocycles. The van der Waals surface area contributed by atoms with Crippen molar-refractivity contribution in [2.75, 3.05) is 27.4 Å². The number of esters is 1. The van der Waals surface area contributed by atoms with Crippen LogP contribution in [-0.2, 0) is 9.53 Å². The highest BCUT2D eigenvalue weighted by molar-refractivity contribution is 5.75. The Labute approximate surface area is 107 Å². The van der Waals surface area contributed by atoms with Gasteiger partial charge < -0.3 is 19.5 Å². The molecular formula is C13H19NO4. The summed E-state index contributed by atoms with van der Waals surface area (Å²) in [4.78, 5) is 11.3. The highest BCUT2D eigenvalue weighted by Crippen LogP contribution is 2.17. The zero-order valence-corrected chi connectivity index (χ0v) is 10.9. The van der Waals surface area contributed by atoms with Gasteiger partial charge in [0.05, 0.1) is 13.7 Å². The summed E-state index contributed by atoms with van der Waals surface area (Å²) in [6, 6.07) is 6.78. The van der Waals surface area contributed by atoms with Gasteiger partial charge in [-0.2, -0.15) is 0 Å². The third-order valence-electron chi connectivity index (χ3n) is 2.39. The average Bonchev–Trinajstić information content (AvgIpc) is 2.41. The molecule has 5 heteroatoms. The number of carbonyl (C=O) groups is 1. The molecule has 1 aromatic rings. The zero-order chi connectivity index (χ0) is 13.4. The van der Waals surface area contributed by atoms with Crippen LogP contribution in [0, 0.1) is 0 Å². The van der Waals surface area contributed by atoms with Crippen LogP contribution in [0.2, 0.25) is 0 Å². The molecule has 1 atom stereocenters. The van der Waals surface area contributed by atoms with E-state index in [-0.39, 0.29) is 12.6 Å². The number of carbonyl (C=O) groups excluding carboxylic acids is 1. The summed E-state index contributed by atoms with van der Waals surface area (Å²) >= 11 is 0. The van der Waals surface area contributed by atoms with Gasteiger partial charge in [0.2, 0.25) is 0 Å². The Morgan fingerprint density at radius 3 is 2.22 bits per heavy atom. The van der Waals surface area contributed by atoms with Gasteiger partial charge in [-0.3, -0.25) is 4.79 Å². The third kappa shape index (κ3) is 4.25. The van der Waals surface area contributed by atoms with Crippen LogP contribution in [0.15, 0.2) is 24.3 Å². The lowest BCUT2D eigenvalue weighted by Crippen LogP contribution is -2.40. The SMILES string of the molecule is CCOc1ccc(OCC(NC)C(=O)OC)cc1. The van der Waals surface area contributed by atoms with Gasteiger partial charge in [0.15, 0.2) is 0 Å². The highest BCUT2D eigenvalue weighted by atomic mass is 16.5. The van der Waals surface area contributed by atoms with E-state index in [1.165, 1.54) is 7.11 Å². The van der Waals surface area contributed by atoms with E-state index in [2.05, 4.69) is 10.1 Å². The maximum atomic E-state index is 11.3. The summed E-state index contributed by atoms with van der Waals surface area (Å²) in [6.07, 6.45) is 0. The van der Waals surface area contributed by atoms with E-state index in [1.54, 1.807) is 19.2 Å². The van der Waals surface area contributed by atoms with Crippen LogP contribution in [0.4, 0.5) is 0 Å². The lowest BCUT2D eigenvalue weighted by molar-refractivity contribution is -0.143. The summed E-state index contributed by atoms with van der Waals surface area (Å²) in [5.74, 6) is 1.13. The van der Waals surface area contributed by atoms with Gasteiger partial charge >= 0.3 is 5.97 Å². The van der Waals surface area contributed by atoms with Crippen molar-refractivity contribution in [3.05, 3.63) is 24.3 Å². The molecule has 0 aliphatic heterocycles. The van der Waals surface area contributed by atoms with Crippen molar-refractivity contribution in [3.63, 3.8) is 0 Å². The Hall–Kier alpha value is -1.75. The van der Waals surface area contributed by atoms with E-state index < -0.39 is 6.04 Å². The quantitative estimate of drug-likeness (QED) is 0.741. The monoisotopic (exact) mass is 253 g/mol. The van der Waals surface area contributed by atoms with Crippen LogP contribution in [0.25, 0.3) is 0 Å². The van der Waals surface area contributed by atoms with Gasteiger partial charge in [-0.1, -0.05) is 0 Å². The Morgan fingerprint density at radius 2 is 1.78 bits per heavy atom. The molecule has 0 aromatic heterocycles. The lowest BCUT2D eigenvalue weighted by atomic mass is 10.3. The molecule has 0 saturated carbocycles. The van der Waals surface area contributed by atoms with E-state index in [4.69, 9.17) is 9.47 Å². The molecular weight excluding hydrogens is 234 g/mol. The standard InChI is InChI=1S/C13H19NO4/c1-4-17-10-5-7-11(8-6-10)18-9-12(14-2)13(15)16-3/h5-8,12,14H,4,9H2,1-3H3. The van der Waals surface area contributed by atoms with Crippen LogP contribution >= 0.6 is 0 Å². The molecule has 5 nitrogen and oxygen atoms in total.